The van der Waals surface area contributed by atoms with Crippen LogP contribution in [0.5, 0.6) is 11.5 Å². The van der Waals surface area contributed by atoms with Gasteiger partial charge in [-0.1, -0.05) is 93.7 Å². The van der Waals surface area contributed by atoms with Gasteiger partial charge in [-0.15, -0.1) is 20.4 Å². The van der Waals surface area contributed by atoms with Crippen LogP contribution in [0.25, 0.3) is 21.8 Å². The van der Waals surface area contributed by atoms with Gasteiger partial charge < -0.3 is 9.84 Å². The van der Waals surface area contributed by atoms with Crippen molar-refractivity contribution in [3.63, 3.8) is 0 Å². The van der Waals surface area contributed by atoms with Gasteiger partial charge in [0.05, 0.1) is 10.0 Å². The van der Waals surface area contributed by atoms with Crippen LogP contribution in [0.3, 0.4) is 0 Å². The number of phenols is 1. The van der Waals surface area contributed by atoms with E-state index in [9.17, 15) is 5.11 Å². The average Bonchev–Trinajstić information content (AvgIpc) is 3.64. The van der Waals surface area contributed by atoms with Gasteiger partial charge in [0.15, 0.2) is 8.68 Å². The lowest BCUT2D eigenvalue weighted by atomic mass is 10.2. The number of rotatable bonds is 7. The Balaban J connectivity index is 0.000000177. The predicted octanol–water partition coefficient (Wildman–Crippen LogP) is 9.70. The number of aromatic hydroxyl groups is 1. The summed E-state index contributed by atoms with van der Waals surface area (Å²) < 4.78 is 7.83. The summed E-state index contributed by atoms with van der Waals surface area (Å²) in [4.78, 5) is 15.1. The molecule has 1 N–H and O–H groups in total. The maximum Gasteiger partial charge on any atom is 0.179 e. The highest BCUT2D eigenvalue weighted by molar-refractivity contribution is 8.01. The van der Waals surface area contributed by atoms with Crippen LogP contribution in [0.2, 0.25) is 10.0 Å². The zero-order valence-corrected chi connectivity index (χ0v) is 30.1. The molecular formula is C32H25Cl2N7O2S4. The Hall–Kier alpha value is -3.59. The van der Waals surface area contributed by atoms with E-state index < -0.39 is 0 Å². The third kappa shape index (κ3) is 7.94. The maximum atomic E-state index is 9.89. The summed E-state index contributed by atoms with van der Waals surface area (Å²) in [5.74, 6) is 0.872. The number of para-hydroxylation sites is 2. The van der Waals surface area contributed by atoms with E-state index in [0.29, 0.717) is 26.9 Å². The Morgan fingerprint density at radius 1 is 0.723 bits per heavy atom. The second-order valence-corrected chi connectivity index (χ2v) is 15.9. The fourth-order valence-corrected chi connectivity index (χ4v) is 8.92. The number of benzene rings is 2. The van der Waals surface area contributed by atoms with Crippen molar-refractivity contribution in [2.24, 2.45) is 0 Å². The van der Waals surface area contributed by atoms with Crippen molar-refractivity contribution >= 4 is 91.2 Å². The molecule has 0 unspecified atom stereocenters. The first kappa shape index (κ1) is 33.3. The number of hydrogen-bond acceptors (Lipinski definition) is 13. The third-order valence-electron chi connectivity index (χ3n) is 6.53. The standard InChI is InChI=1S/C19H14Cl2N4OS2.C13H11N3OS2/c1-10-6-17(28-19-25-24-11(2)27-19)12-4-3-5-16(18(12)23-10)26-9-13-14(20)7-22-8-15(13)21;1-7-6-11(19-13-16-15-8(2)18-13)9-4-3-5-10(17)12(9)14-7/h3-8H,9H2,1-2H3;3-6,17H,1-2H3. The first-order valence-electron chi connectivity index (χ1n) is 14.0. The van der Waals surface area contributed by atoms with Crippen LogP contribution >= 0.6 is 69.4 Å². The quantitative estimate of drug-likeness (QED) is 0.168. The van der Waals surface area contributed by atoms with Gasteiger partial charge in [-0.05, 0) is 52.0 Å². The Morgan fingerprint density at radius 3 is 1.81 bits per heavy atom. The Morgan fingerprint density at radius 2 is 1.26 bits per heavy atom. The molecule has 0 aliphatic heterocycles. The fourth-order valence-electron chi connectivity index (χ4n) is 4.48. The van der Waals surface area contributed by atoms with Gasteiger partial charge in [0, 0.05) is 49.9 Å². The normalized spacial score (nSPS) is 11.1. The second-order valence-electron chi connectivity index (χ2n) is 10.1. The van der Waals surface area contributed by atoms with Gasteiger partial charge >= 0.3 is 0 Å². The first-order chi connectivity index (χ1) is 22.6. The monoisotopic (exact) mass is 737 g/mol. The van der Waals surface area contributed by atoms with Crippen molar-refractivity contribution in [2.45, 2.75) is 52.8 Å². The molecule has 0 aliphatic carbocycles. The molecule has 0 spiro atoms. The summed E-state index contributed by atoms with van der Waals surface area (Å²) in [6, 6.07) is 15.3. The van der Waals surface area contributed by atoms with Gasteiger partial charge in [0.2, 0.25) is 0 Å². The van der Waals surface area contributed by atoms with Crippen molar-refractivity contribution in [3.05, 3.63) is 97.9 Å². The molecule has 7 rings (SSSR count). The molecule has 0 atom stereocenters. The molecule has 0 fully saturated rings. The van der Waals surface area contributed by atoms with Crippen LogP contribution in [0.4, 0.5) is 0 Å². The van der Waals surface area contributed by atoms with Crippen molar-refractivity contribution in [1.29, 1.82) is 0 Å². The largest absolute Gasteiger partial charge is 0.506 e. The van der Waals surface area contributed by atoms with Crippen molar-refractivity contribution < 1.29 is 9.84 Å². The van der Waals surface area contributed by atoms with E-state index in [1.807, 2.05) is 70.2 Å². The van der Waals surface area contributed by atoms with Gasteiger partial charge in [-0.3, -0.25) is 4.98 Å². The number of phenolic OH excluding ortho intramolecular Hbond substituents is 1. The average molecular weight is 739 g/mol. The van der Waals surface area contributed by atoms with E-state index in [1.54, 1.807) is 64.7 Å². The second kappa shape index (κ2) is 14.7. The van der Waals surface area contributed by atoms with Crippen molar-refractivity contribution in [1.82, 2.24) is 35.3 Å². The molecule has 238 valence electrons. The first-order valence-corrected chi connectivity index (χ1v) is 18.0. The number of hydrogen-bond donors (Lipinski definition) is 1. The lowest BCUT2D eigenvalue weighted by Crippen LogP contribution is -2.00. The van der Waals surface area contributed by atoms with Gasteiger partial charge in [-0.25, -0.2) is 9.97 Å². The van der Waals surface area contributed by atoms with Crippen LogP contribution in [-0.4, -0.2) is 40.5 Å². The maximum absolute atomic E-state index is 9.89. The molecule has 0 amide bonds. The molecule has 0 aliphatic rings. The van der Waals surface area contributed by atoms with Crippen molar-refractivity contribution in [3.8, 4) is 11.5 Å². The Bertz CT molecular complexity index is 2210. The molecular weight excluding hydrogens is 714 g/mol. The smallest absolute Gasteiger partial charge is 0.179 e. The number of aromatic nitrogens is 7. The number of aryl methyl sites for hydroxylation is 4. The SMILES string of the molecule is Cc1cc(Sc2nnc(C)s2)c2cccc(O)c2n1.Cc1cc(Sc2nnc(C)s2)c2cccc(OCc3c(Cl)cncc3Cl)c2n1. The molecule has 7 aromatic rings. The summed E-state index contributed by atoms with van der Waals surface area (Å²) in [6.07, 6.45) is 3.10. The molecule has 47 heavy (non-hydrogen) atoms. The molecule has 0 saturated carbocycles. The minimum atomic E-state index is 0.205. The number of pyridine rings is 3. The lowest BCUT2D eigenvalue weighted by molar-refractivity contribution is 0.309. The number of nitrogens with zero attached hydrogens (tertiary/aromatic N) is 7. The van der Waals surface area contributed by atoms with Crippen LogP contribution in [0, 0.1) is 27.7 Å². The predicted molar refractivity (Wildman–Crippen MR) is 191 cm³/mol. The number of fused-ring (bicyclic) bond motifs is 2. The zero-order valence-electron chi connectivity index (χ0n) is 25.4. The summed E-state index contributed by atoms with van der Waals surface area (Å²) in [5, 5.41) is 31.1. The highest BCUT2D eigenvalue weighted by Crippen LogP contribution is 2.39. The van der Waals surface area contributed by atoms with E-state index in [4.69, 9.17) is 32.9 Å². The highest BCUT2D eigenvalue weighted by Gasteiger charge is 2.15. The topological polar surface area (TPSA) is 120 Å². The van der Waals surface area contributed by atoms with E-state index in [0.717, 1.165) is 56.2 Å². The molecule has 5 heterocycles. The van der Waals surface area contributed by atoms with E-state index in [2.05, 4.69) is 30.4 Å². The van der Waals surface area contributed by atoms with E-state index in [-0.39, 0.29) is 12.4 Å². The van der Waals surface area contributed by atoms with Gasteiger partial charge in [0.25, 0.3) is 0 Å². The molecule has 2 aromatic carbocycles. The molecule has 15 heteroatoms. The number of ether oxygens (including phenoxy) is 1. The van der Waals surface area contributed by atoms with E-state index in [1.165, 1.54) is 0 Å². The van der Waals surface area contributed by atoms with Crippen LogP contribution in [0.15, 0.2) is 79.4 Å². The van der Waals surface area contributed by atoms with Crippen LogP contribution in [-0.2, 0) is 6.61 Å². The summed E-state index contributed by atoms with van der Waals surface area (Å²) in [7, 11) is 0. The van der Waals surface area contributed by atoms with Crippen LogP contribution < -0.4 is 4.74 Å². The zero-order chi connectivity index (χ0) is 33.1. The highest BCUT2D eigenvalue weighted by atomic mass is 35.5. The lowest BCUT2D eigenvalue weighted by Gasteiger charge is -2.13. The molecule has 0 radical (unpaired) electrons. The number of halogens is 2. The third-order valence-corrected chi connectivity index (χ3v) is 11.1. The molecule has 9 nitrogen and oxygen atoms in total. The summed E-state index contributed by atoms with van der Waals surface area (Å²) in [6.45, 7) is 7.99. The minimum absolute atomic E-state index is 0.205. The van der Waals surface area contributed by atoms with E-state index >= 15 is 0 Å². The minimum Gasteiger partial charge on any atom is -0.506 e. The van der Waals surface area contributed by atoms with Crippen LogP contribution in [0.1, 0.15) is 27.0 Å². The Labute approximate surface area is 296 Å². The summed E-state index contributed by atoms with van der Waals surface area (Å²) in [5.41, 5.74) is 3.88. The molecule has 5 aromatic heterocycles. The fraction of sp³-hybridized carbons (Fsp3) is 0.156. The summed E-state index contributed by atoms with van der Waals surface area (Å²) >= 11 is 18.7. The van der Waals surface area contributed by atoms with Gasteiger partial charge in [-0.2, -0.15) is 0 Å². The van der Waals surface area contributed by atoms with Crippen molar-refractivity contribution in [2.75, 3.05) is 0 Å². The Kier molecular flexibility index (Phi) is 10.4. The molecule has 0 saturated heterocycles. The van der Waals surface area contributed by atoms with Gasteiger partial charge in [0.1, 0.15) is 39.2 Å². The molecule has 0 bridgehead atoms.